The number of carboxylic acid groups (broad SMARTS) is 1. The second-order valence-electron chi connectivity index (χ2n) is 4.42. The Hall–Kier alpha value is -1.62. The van der Waals surface area contributed by atoms with Crippen molar-refractivity contribution in [3.05, 3.63) is 23.9 Å². The third kappa shape index (κ3) is 2.94. The zero-order valence-corrected chi connectivity index (χ0v) is 9.47. The van der Waals surface area contributed by atoms with E-state index >= 15 is 0 Å². The minimum Gasteiger partial charge on any atom is -0.478 e. The van der Waals surface area contributed by atoms with Gasteiger partial charge in [0.25, 0.3) is 0 Å². The van der Waals surface area contributed by atoms with Gasteiger partial charge in [-0.1, -0.05) is 0 Å². The SMILES string of the molecule is O=C(O)c1cccnc1NCC1CCC(O)C1. The summed E-state index contributed by atoms with van der Waals surface area (Å²) >= 11 is 0. The Balaban J connectivity index is 1.97. The third-order valence-corrected chi connectivity index (χ3v) is 3.11. The van der Waals surface area contributed by atoms with Crippen molar-refractivity contribution in [2.45, 2.75) is 25.4 Å². The van der Waals surface area contributed by atoms with E-state index in [0.29, 0.717) is 18.3 Å². The summed E-state index contributed by atoms with van der Waals surface area (Å²) in [6.45, 7) is 0.661. The standard InChI is InChI=1S/C12H16N2O3/c15-9-4-3-8(6-9)7-14-11-10(12(16)17)2-1-5-13-11/h1-2,5,8-9,15H,3-4,6-7H2,(H,13,14)(H,16,17). The second kappa shape index (κ2) is 5.14. The van der Waals surface area contributed by atoms with Crippen molar-refractivity contribution < 1.29 is 15.0 Å². The number of rotatable bonds is 4. The molecule has 0 aromatic carbocycles. The first kappa shape index (κ1) is 11.9. The normalized spacial score (nSPS) is 23.6. The van der Waals surface area contributed by atoms with E-state index in [1.165, 1.54) is 6.07 Å². The fourth-order valence-corrected chi connectivity index (χ4v) is 2.19. The molecule has 17 heavy (non-hydrogen) atoms. The highest BCUT2D eigenvalue weighted by atomic mass is 16.4. The number of carbonyl (C=O) groups is 1. The Morgan fingerprint density at radius 3 is 3.00 bits per heavy atom. The van der Waals surface area contributed by atoms with Gasteiger partial charge in [-0.3, -0.25) is 0 Å². The predicted molar refractivity (Wildman–Crippen MR) is 63.0 cm³/mol. The zero-order valence-electron chi connectivity index (χ0n) is 9.47. The number of pyridine rings is 1. The van der Waals surface area contributed by atoms with Gasteiger partial charge in [-0.2, -0.15) is 0 Å². The average Bonchev–Trinajstić information content (AvgIpc) is 2.73. The lowest BCUT2D eigenvalue weighted by atomic mass is 10.1. The molecular formula is C12H16N2O3. The number of aliphatic hydroxyl groups is 1. The van der Waals surface area contributed by atoms with Crippen molar-refractivity contribution in [3.8, 4) is 0 Å². The molecule has 0 radical (unpaired) electrons. The lowest BCUT2D eigenvalue weighted by Crippen LogP contribution is -2.15. The van der Waals surface area contributed by atoms with E-state index in [4.69, 9.17) is 5.11 Å². The highest BCUT2D eigenvalue weighted by Gasteiger charge is 2.23. The van der Waals surface area contributed by atoms with E-state index in [2.05, 4.69) is 10.3 Å². The Morgan fingerprint density at radius 2 is 2.35 bits per heavy atom. The first-order chi connectivity index (χ1) is 8.16. The molecule has 2 rings (SSSR count). The molecule has 5 heteroatoms. The first-order valence-electron chi connectivity index (χ1n) is 5.77. The number of hydrogen-bond donors (Lipinski definition) is 3. The van der Waals surface area contributed by atoms with E-state index in [9.17, 15) is 9.90 Å². The minimum absolute atomic E-state index is 0.186. The van der Waals surface area contributed by atoms with Gasteiger partial charge in [-0.05, 0) is 37.3 Å². The number of nitrogens with one attached hydrogen (secondary N) is 1. The molecule has 2 unspecified atom stereocenters. The average molecular weight is 236 g/mol. The van der Waals surface area contributed by atoms with Crippen molar-refractivity contribution in [3.63, 3.8) is 0 Å². The van der Waals surface area contributed by atoms with Crippen LogP contribution in [-0.4, -0.2) is 33.8 Å². The van der Waals surface area contributed by atoms with Crippen LogP contribution in [0.4, 0.5) is 5.82 Å². The van der Waals surface area contributed by atoms with Crippen LogP contribution < -0.4 is 5.32 Å². The fourth-order valence-electron chi connectivity index (χ4n) is 2.19. The van der Waals surface area contributed by atoms with Gasteiger partial charge in [0.05, 0.1) is 6.10 Å². The van der Waals surface area contributed by atoms with Gasteiger partial charge in [0, 0.05) is 12.7 Å². The molecule has 1 aromatic rings. The molecule has 0 saturated heterocycles. The van der Waals surface area contributed by atoms with Crippen LogP contribution in [-0.2, 0) is 0 Å². The van der Waals surface area contributed by atoms with Crippen molar-refractivity contribution in [2.75, 3.05) is 11.9 Å². The Kier molecular flexibility index (Phi) is 3.58. The molecule has 5 nitrogen and oxygen atoms in total. The number of hydrogen-bond acceptors (Lipinski definition) is 4. The van der Waals surface area contributed by atoms with Crippen molar-refractivity contribution in [1.82, 2.24) is 4.98 Å². The summed E-state index contributed by atoms with van der Waals surface area (Å²) in [5.41, 5.74) is 0.186. The van der Waals surface area contributed by atoms with Crippen molar-refractivity contribution in [1.29, 1.82) is 0 Å². The van der Waals surface area contributed by atoms with E-state index in [1.807, 2.05) is 0 Å². The van der Waals surface area contributed by atoms with Crippen LogP contribution in [0.5, 0.6) is 0 Å². The monoisotopic (exact) mass is 236 g/mol. The summed E-state index contributed by atoms with van der Waals surface area (Å²) in [5, 5.41) is 21.4. The summed E-state index contributed by atoms with van der Waals surface area (Å²) in [7, 11) is 0. The maximum absolute atomic E-state index is 10.9. The molecule has 1 heterocycles. The number of aromatic nitrogens is 1. The van der Waals surface area contributed by atoms with Crippen LogP contribution in [0.15, 0.2) is 18.3 Å². The largest absolute Gasteiger partial charge is 0.478 e. The Labute approximate surface area is 99.5 Å². The van der Waals surface area contributed by atoms with Crippen LogP contribution in [0.1, 0.15) is 29.6 Å². The van der Waals surface area contributed by atoms with E-state index < -0.39 is 5.97 Å². The molecule has 3 N–H and O–H groups in total. The smallest absolute Gasteiger partial charge is 0.339 e. The summed E-state index contributed by atoms with van der Waals surface area (Å²) in [5.74, 6) is -0.179. The van der Waals surface area contributed by atoms with Gasteiger partial charge in [0.15, 0.2) is 0 Å². The minimum atomic E-state index is -0.980. The first-order valence-corrected chi connectivity index (χ1v) is 5.77. The molecule has 0 amide bonds. The second-order valence-corrected chi connectivity index (χ2v) is 4.42. The number of aromatic carboxylic acids is 1. The Morgan fingerprint density at radius 1 is 1.53 bits per heavy atom. The maximum atomic E-state index is 10.9. The van der Waals surface area contributed by atoms with Gasteiger partial charge in [-0.15, -0.1) is 0 Å². The van der Waals surface area contributed by atoms with Gasteiger partial charge >= 0.3 is 5.97 Å². The van der Waals surface area contributed by atoms with E-state index in [0.717, 1.165) is 19.3 Å². The van der Waals surface area contributed by atoms with Gasteiger partial charge < -0.3 is 15.5 Å². The van der Waals surface area contributed by atoms with Crippen LogP contribution in [0.2, 0.25) is 0 Å². The molecule has 1 fully saturated rings. The van der Waals surface area contributed by atoms with Crippen LogP contribution in [0.25, 0.3) is 0 Å². The van der Waals surface area contributed by atoms with Crippen LogP contribution >= 0.6 is 0 Å². The van der Waals surface area contributed by atoms with E-state index in [-0.39, 0.29) is 11.7 Å². The molecule has 92 valence electrons. The quantitative estimate of drug-likeness (QED) is 0.735. The van der Waals surface area contributed by atoms with Gasteiger partial charge in [0.1, 0.15) is 11.4 Å². The maximum Gasteiger partial charge on any atom is 0.339 e. The predicted octanol–water partition coefficient (Wildman–Crippen LogP) is 1.35. The van der Waals surface area contributed by atoms with Gasteiger partial charge in [0.2, 0.25) is 0 Å². The topological polar surface area (TPSA) is 82.5 Å². The highest BCUT2D eigenvalue weighted by Crippen LogP contribution is 2.25. The number of carboxylic acids is 1. The molecule has 2 atom stereocenters. The molecule has 1 saturated carbocycles. The fraction of sp³-hybridized carbons (Fsp3) is 0.500. The highest BCUT2D eigenvalue weighted by molar-refractivity contribution is 5.92. The number of nitrogens with zero attached hydrogens (tertiary/aromatic N) is 1. The molecular weight excluding hydrogens is 220 g/mol. The summed E-state index contributed by atoms with van der Waals surface area (Å²) in [4.78, 5) is 15.0. The van der Waals surface area contributed by atoms with E-state index in [1.54, 1.807) is 12.3 Å². The molecule has 0 spiro atoms. The van der Waals surface area contributed by atoms with Crippen molar-refractivity contribution in [2.24, 2.45) is 5.92 Å². The third-order valence-electron chi connectivity index (χ3n) is 3.11. The van der Waals surface area contributed by atoms with Crippen LogP contribution in [0.3, 0.4) is 0 Å². The zero-order chi connectivity index (χ0) is 12.3. The lowest BCUT2D eigenvalue weighted by molar-refractivity contribution is 0.0697. The number of aliphatic hydroxyl groups excluding tert-OH is 1. The molecule has 1 aliphatic rings. The summed E-state index contributed by atoms with van der Waals surface area (Å²) < 4.78 is 0. The Bertz CT molecular complexity index is 408. The number of anilines is 1. The van der Waals surface area contributed by atoms with Crippen LogP contribution in [0, 0.1) is 5.92 Å². The summed E-state index contributed by atoms with van der Waals surface area (Å²) in [6.07, 6.45) is 3.95. The summed E-state index contributed by atoms with van der Waals surface area (Å²) in [6, 6.07) is 3.13. The van der Waals surface area contributed by atoms with Crippen molar-refractivity contribution >= 4 is 11.8 Å². The molecule has 0 bridgehead atoms. The van der Waals surface area contributed by atoms with Gasteiger partial charge in [-0.25, -0.2) is 9.78 Å². The molecule has 0 aliphatic heterocycles. The molecule has 1 aliphatic carbocycles. The molecule has 1 aromatic heterocycles. The lowest BCUT2D eigenvalue weighted by Gasteiger charge is -2.12.